The normalized spacial score (nSPS) is 13.5. The van der Waals surface area contributed by atoms with E-state index >= 15 is 0 Å². The Balaban J connectivity index is 1.70. The van der Waals surface area contributed by atoms with Crippen LogP contribution in [0.4, 0.5) is 11.4 Å². The zero-order valence-corrected chi connectivity index (χ0v) is 18.7. The number of nitrogens with zero attached hydrogens (tertiary/aromatic N) is 2. The molecule has 2 aromatic rings. The smallest absolute Gasteiger partial charge is 0.338 e. The standard InChI is InChI=1S/C23H26ClN3O5/c1-2-32-23(29)17-8-6-16(7-9-17)10-11-25-22(28)18-14-21(27(30)31)19(24)15-20(18)26-12-4-3-5-13-26/h6-9,14-15H,2-5,10-13H2,1H3,(H,25,28). The Hall–Kier alpha value is -3.13. The van der Waals surface area contributed by atoms with Gasteiger partial charge in [0.1, 0.15) is 5.02 Å². The molecule has 0 saturated carbocycles. The molecular formula is C23H26ClN3O5. The summed E-state index contributed by atoms with van der Waals surface area (Å²) >= 11 is 6.13. The molecule has 8 nitrogen and oxygen atoms in total. The summed E-state index contributed by atoms with van der Waals surface area (Å²) in [6.45, 7) is 3.96. The highest BCUT2D eigenvalue weighted by atomic mass is 35.5. The van der Waals surface area contributed by atoms with Gasteiger partial charge in [-0.2, -0.15) is 0 Å². The van der Waals surface area contributed by atoms with Crippen molar-refractivity contribution in [3.63, 3.8) is 0 Å². The minimum absolute atomic E-state index is 0.0220. The third kappa shape index (κ3) is 5.76. The van der Waals surface area contributed by atoms with Crippen molar-refractivity contribution in [2.45, 2.75) is 32.6 Å². The molecule has 1 N–H and O–H groups in total. The van der Waals surface area contributed by atoms with Gasteiger partial charge in [0.15, 0.2) is 0 Å². The number of hydrogen-bond donors (Lipinski definition) is 1. The van der Waals surface area contributed by atoms with E-state index in [0.29, 0.717) is 30.8 Å². The van der Waals surface area contributed by atoms with Crippen LogP contribution in [0.3, 0.4) is 0 Å². The number of esters is 1. The van der Waals surface area contributed by atoms with Crippen LogP contribution in [0.5, 0.6) is 0 Å². The van der Waals surface area contributed by atoms with Crippen molar-refractivity contribution in [3.8, 4) is 0 Å². The number of piperidine rings is 1. The molecule has 1 saturated heterocycles. The molecule has 1 aliphatic rings. The summed E-state index contributed by atoms with van der Waals surface area (Å²) < 4.78 is 4.97. The fraction of sp³-hybridized carbons (Fsp3) is 0.391. The number of amides is 1. The lowest BCUT2D eigenvalue weighted by molar-refractivity contribution is -0.384. The summed E-state index contributed by atoms with van der Waals surface area (Å²) in [7, 11) is 0. The van der Waals surface area contributed by atoms with Gasteiger partial charge in [-0.3, -0.25) is 14.9 Å². The molecule has 0 bridgehead atoms. The number of ether oxygens (including phenoxy) is 1. The molecule has 1 fully saturated rings. The lowest BCUT2D eigenvalue weighted by Crippen LogP contribution is -2.33. The second-order valence-corrected chi connectivity index (χ2v) is 7.96. The zero-order chi connectivity index (χ0) is 23.1. The third-order valence-corrected chi connectivity index (χ3v) is 5.67. The van der Waals surface area contributed by atoms with Crippen LogP contribution in [0.1, 0.15) is 52.5 Å². The third-order valence-electron chi connectivity index (χ3n) is 5.37. The first kappa shape index (κ1) is 23.5. The van der Waals surface area contributed by atoms with Crippen molar-refractivity contribution < 1.29 is 19.2 Å². The number of halogens is 1. The maximum absolute atomic E-state index is 12.9. The van der Waals surface area contributed by atoms with E-state index in [1.54, 1.807) is 19.1 Å². The Labute approximate surface area is 191 Å². The van der Waals surface area contributed by atoms with Crippen LogP contribution >= 0.6 is 11.6 Å². The molecule has 1 amide bonds. The Morgan fingerprint density at radius 2 is 1.84 bits per heavy atom. The van der Waals surface area contributed by atoms with E-state index in [0.717, 1.165) is 37.9 Å². The molecule has 1 aliphatic heterocycles. The minimum Gasteiger partial charge on any atom is -0.462 e. The topological polar surface area (TPSA) is 102 Å². The molecule has 9 heteroatoms. The van der Waals surface area contributed by atoms with E-state index in [9.17, 15) is 19.7 Å². The van der Waals surface area contributed by atoms with Crippen LogP contribution in [-0.4, -0.2) is 43.0 Å². The first-order chi connectivity index (χ1) is 15.4. The SMILES string of the molecule is CCOC(=O)c1ccc(CCNC(=O)c2cc([N+](=O)[O-])c(Cl)cc2N2CCCCC2)cc1. The molecule has 32 heavy (non-hydrogen) atoms. The number of hydrogen-bond acceptors (Lipinski definition) is 6. The minimum atomic E-state index is -0.579. The molecular weight excluding hydrogens is 434 g/mol. The van der Waals surface area contributed by atoms with Gasteiger partial charge in [-0.1, -0.05) is 23.7 Å². The van der Waals surface area contributed by atoms with E-state index in [4.69, 9.17) is 16.3 Å². The fourth-order valence-corrected chi connectivity index (χ4v) is 3.93. The molecule has 3 rings (SSSR count). The maximum Gasteiger partial charge on any atom is 0.338 e. The molecule has 0 aliphatic carbocycles. The highest BCUT2D eigenvalue weighted by Gasteiger charge is 2.24. The summed E-state index contributed by atoms with van der Waals surface area (Å²) in [6.07, 6.45) is 3.66. The first-order valence-corrected chi connectivity index (χ1v) is 11.1. The van der Waals surface area contributed by atoms with Crippen molar-refractivity contribution in [2.24, 2.45) is 0 Å². The molecule has 0 aromatic heterocycles. The van der Waals surface area contributed by atoms with Crippen molar-refractivity contribution in [1.82, 2.24) is 5.32 Å². The van der Waals surface area contributed by atoms with Crippen LogP contribution in [0.15, 0.2) is 36.4 Å². The van der Waals surface area contributed by atoms with Crippen LogP contribution in [0.25, 0.3) is 0 Å². The predicted octanol–water partition coefficient (Wildman–Crippen LogP) is 4.39. The molecule has 0 radical (unpaired) electrons. The lowest BCUT2D eigenvalue weighted by atomic mass is 10.1. The van der Waals surface area contributed by atoms with E-state index in [1.165, 1.54) is 12.1 Å². The number of rotatable bonds is 8. The van der Waals surface area contributed by atoms with E-state index < -0.39 is 4.92 Å². The van der Waals surface area contributed by atoms with Gasteiger partial charge in [-0.25, -0.2) is 4.79 Å². The highest BCUT2D eigenvalue weighted by Crippen LogP contribution is 2.34. The van der Waals surface area contributed by atoms with Gasteiger partial charge in [-0.15, -0.1) is 0 Å². The van der Waals surface area contributed by atoms with Gasteiger partial charge < -0.3 is 15.0 Å². The van der Waals surface area contributed by atoms with Crippen LogP contribution in [0.2, 0.25) is 5.02 Å². The average Bonchev–Trinajstić information content (AvgIpc) is 2.79. The molecule has 0 unspecified atom stereocenters. The molecule has 2 aromatic carbocycles. The zero-order valence-electron chi connectivity index (χ0n) is 17.9. The predicted molar refractivity (Wildman–Crippen MR) is 123 cm³/mol. The number of nitro benzene ring substituents is 1. The van der Waals surface area contributed by atoms with Gasteiger partial charge in [0.05, 0.1) is 28.3 Å². The molecule has 0 atom stereocenters. The van der Waals surface area contributed by atoms with Crippen molar-refractivity contribution >= 4 is 34.9 Å². The van der Waals surface area contributed by atoms with Gasteiger partial charge in [-0.05, 0) is 56.4 Å². The average molecular weight is 460 g/mol. The summed E-state index contributed by atoms with van der Waals surface area (Å²) in [6, 6.07) is 9.78. The van der Waals surface area contributed by atoms with E-state index in [2.05, 4.69) is 10.2 Å². The van der Waals surface area contributed by atoms with Crippen molar-refractivity contribution in [2.75, 3.05) is 31.1 Å². The highest BCUT2D eigenvalue weighted by molar-refractivity contribution is 6.33. The molecule has 0 spiro atoms. The summed E-state index contributed by atoms with van der Waals surface area (Å²) in [5.41, 5.74) is 2.00. The second-order valence-electron chi connectivity index (χ2n) is 7.55. The van der Waals surface area contributed by atoms with Crippen LogP contribution < -0.4 is 10.2 Å². The van der Waals surface area contributed by atoms with Crippen molar-refractivity contribution in [3.05, 3.63) is 68.2 Å². The van der Waals surface area contributed by atoms with Gasteiger partial charge >= 0.3 is 5.97 Å². The number of carbonyl (C=O) groups excluding carboxylic acids is 2. The fourth-order valence-electron chi connectivity index (χ4n) is 3.71. The number of anilines is 1. The number of nitrogens with one attached hydrogen (secondary N) is 1. The van der Waals surface area contributed by atoms with Gasteiger partial charge in [0.2, 0.25) is 0 Å². The van der Waals surface area contributed by atoms with E-state index in [-0.39, 0.29) is 28.1 Å². The summed E-state index contributed by atoms with van der Waals surface area (Å²) in [5.74, 6) is -0.754. The lowest BCUT2D eigenvalue weighted by Gasteiger charge is -2.30. The van der Waals surface area contributed by atoms with E-state index in [1.807, 2.05) is 12.1 Å². The largest absolute Gasteiger partial charge is 0.462 e. The number of carbonyl (C=O) groups is 2. The summed E-state index contributed by atoms with van der Waals surface area (Å²) in [4.78, 5) is 37.5. The molecule has 1 heterocycles. The van der Waals surface area contributed by atoms with Gasteiger partial charge in [0.25, 0.3) is 11.6 Å². The van der Waals surface area contributed by atoms with Gasteiger partial charge in [0, 0.05) is 25.7 Å². The Morgan fingerprint density at radius 1 is 1.16 bits per heavy atom. The summed E-state index contributed by atoms with van der Waals surface area (Å²) in [5, 5.41) is 14.2. The number of benzene rings is 2. The maximum atomic E-state index is 12.9. The second kappa shape index (κ2) is 10.9. The monoisotopic (exact) mass is 459 g/mol. The first-order valence-electron chi connectivity index (χ1n) is 10.7. The Morgan fingerprint density at radius 3 is 2.47 bits per heavy atom. The quantitative estimate of drug-likeness (QED) is 0.357. The van der Waals surface area contributed by atoms with Crippen LogP contribution in [-0.2, 0) is 11.2 Å². The number of nitro groups is 1. The molecule has 170 valence electrons. The van der Waals surface area contributed by atoms with Crippen molar-refractivity contribution in [1.29, 1.82) is 0 Å². The van der Waals surface area contributed by atoms with Crippen LogP contribution in [0, 0.1) is 10.1 Å². The Kier molecular flexibility index (Phi) is 8.05. The Bertz CT molecular complexity index is 988.